The standard InChI is InChI=1S/C19H17Cl2N6OP/c1-11-16-17(21)14(19(28)24-13-5-3-12(20)4-6-13)9-23-18(16)26(25-11)10-15-22-7-8-27(15)29-2/h3-9,29H,10H2,1-2H3,(H,24,28). The molecule has 29 heavy (non-hydrogen) atoms. The lowest BCUT2D eigenvalue weighted by atomic mass is 10.2. The Hall–Kier alpha value is -2.47. The second-order valence-corrected chi connectivity index (χ2v) is 8.07. The van der Waals surface area contributed by atoms with E-state index < -0.39 is 0 Å². The van der Waals surface area contributed by atoms with Crippen LogP contribution >= 0.6 is 31.9 Å². The second-order valence-electron chi connectivity index (χ2n) is 6.33. The van der Waals surface area contributed by atoms with Gasteiger partial charge in [0.2, 0.25) is 0 Å². The number of carbonyl (C=O) groups excluding carboxylic acids is 1. The van der Waals surface area contributed by atoms with Crippen molar-refractivity contribution in [2.75, 3.05) is 12.0 Å². The summed E-state index contributed by atoms with van der Waals surface area (Å²) in [4.78, 5) is 21.6. The third-order valence-electron chi connectivity index (χ3n) is 4.47. The highest BCUT2D eigenvalue weighted by Crippen LogP contribution is 2.29. The van der Waals surface area contributed by atoms with E-state index in [4.69, 9.17) is 23.2 Å². The molecule has 1 aromatic carbocycles. The molecule has 1 amide bonds. The van der Waals surface area contributed by atoms with Crippen LogP contribution in [-0.2, 0) is 6.54 Å². The van der Waals surface area contributed by atoms with Crippen LogP contribution in [0.2, 0.25) is 10.0 Å². The molecular weight excluding hydrogens is 430 g/mol. The number of benzene rings is 1. The largest absolute Gasteiger partial charge is 0.322 e. The Labute approximate surface area is 178 Å². The summed E-state index contributed by atoms with van der Waals surface area (Å²) >= 11 is 12.5. The Bertz CT molecular complexity index is 1200. The Morgan fingerprint density at radius 2 is 1.97 bits per heavy atom. The summed E-state index contributed by atoms with van der Waals surface area (Å²) in [6.45, 7) is 4.40. The fraction of sp³-hybridized carbons (Fsp3) is 0.158. The molecule has 0 fully saturated rings. The van der Waals surface area contributed by atoms with Crippen LogP contribution in [0.5, 0.6) is 0 Å². The molecule has 0 saturated heterocycles. The molecular formula is C19H17Cl2N6OP. The van der Waals surface area contributed by atoms with Gasteiger partial charge in [-0.25, -0.2) is 14.6 Å². The van der Waals surface area contributed by atoms with Crippen molar-refractivity contribution in [2.45, 2.75) is 13.5 Å². The molecule has 10 heteroatoms. The van der Waals surface area contributed by atoms with E-state index in [1.165, 1.54) is 6.20 Å². The first-order chi connectivity index (χ1) is 14.0. The molecule has 3 heterocycles. The number of nitrogens with zero attached hydrogens (tertiary/aromatic N) is 5. The Kier molecular flexibility index (Phi) is 5.54. The molecule has 0 radical (unpaired) electrons. The molecule has 0 saturated carbocycles. The molecule has 148 valence electrons. The molecule has 7 nitrogen and oxygen atoms in total. The van der Waals surface area contributed by atoms with Crippen molar-refractivity contribution < 1.29 is 4.79 Å². The number of hydrogen-bond acceptors (Lipinski definition) is 4. The molecule has 1 unspecified atom stereocenters. The normalized spacial score (nSPS) is 11.6. The highest BCUT2D eigenvalue weighted by atomic mass is 35.5. The van der Waals surface area contributed by atoms with E-state index in [1.54, 1.807) is 35.1 Å². The van der Waals surface area contributed by atoms with E-state index in [2.05, 4.69) is 31.4 Å². The third kappa shape index (κ3) is 3.86. The smallest absolute Gasteiger partial charge is 0.258 e. The predicted molar refractivity (Wildman–Crippen MR) is 118 cm³/mol. The van der Waals surface area contributed by atoms with E-state index in [1.807, 2.05) is 13.1 Å². The van der Waals surface area contributed by atoms with E-state index in [-0.39, 0.29) is 11.5 Å². The number of nitrogens with one attached hydrogen (secondary N) is 1. The van der Waals surface area contributed by atoms with Crippen LogP contribution in [0.25, 0.3) is 11.0 Å². The van der Waals surface area contributed by atoms with Crippen molar-refractivity contribution in [3.63, 3.8) is 0 Å². The summed E-state index contributed by atoms with van der Waals surface area (Å²) in [5, 5.41) is 8.95. The number of pyridine rings is 1. The predicted octanol–water partition coefficient (Wildman–Crippen LogP) is 4.62. The van der Waals surface area contributed by atoms with Gasteiger partial charge in [-0.15, -0.1) is 0 Å². The maximum Gasteiger partial charge on any atom is 0.258 e. The molecule has 0 spiro atoms. The number of imidazole rings is 1. The highest BCUT2D eigenvalue weighted by molar-refractivity contribution is 7.35. The summed E-state index contributed by atoms with van der Waals surface area (Å²) in [7, 11) is 0.572. The second kappa shape index (κ2) is 8.11. The zero-order valence-corrected chi connectivity index (χ0v) is 18.2. The van der Waals surface area contributed by atoms with Gasteiger partial charge in [-0.1, -0.05) is 23.2 Å². The minimum absolute atomic E-state index is 0.285. The Balaban J connectivity index is 1.68. The Morgan fingerprint density at radius 1 is 1.21 bits per heavy atom. The van der Waals surface area contributed by atoms with Gasteiger partial charge < -0.3 is 9.65 Å². The van der Waals surface area contributed by atoms with Crippen LogP contribution < -0.4 is 5.32 Å². The van der Waals surface area contributed by atoms with Crippen molar-refractivity contribution in [3.8, 4) is 0 Å². The van der Waals surface area contributed by atoms with Crippen molar-refractivity contribution in [1.29, 1.82) is 0 Å². The SMILES string of the molecule is CPn1ccnc1Cn1nc(C)c2c(Cl)c(C(=O)Nc3ccc(Cl)cc3)cnc21. The maximum atomic E-state index is 12.7. The average molecular weight is 447 g/mol. The first kappa shape index (κ1) is 19.8. The third-order valence-corrected chi connectivity index (χ3v) is 6.00. The summed E-state index contributed by atoms with van der Waals surface area (Å²) in [5.74, 6) is 0.541. The van der Waals surface area contributed by atoms with Crippen LogP contribution in [-0.4, -0.2) is 36.7 Å². The molecule has 1 atom stereocenters. The fourth-order valence-electron chi connectivity index (χ4n) is 3.06. The number of carbonyl (C=O) groups is 1. The fourth-order valence-corrected chi connectivity index (χ4v) is 4.15. The number of amides is 1. The minimum atomic E-state index is -0.346. The first-order valence-corrected chi connectivity index (χ1v) is 11.0. The van der Waals surface area contributed by atoms with Gasteiger partial charge in [0.05, 0.1) is 21.7 Å². The quantitative estimate of drug-likeness (QED) is 0.453. The van der Waals surface area contributed by atoms with E-state index in [9.17, 15) is 4.79 Å². The Morgan fingerprint density at radius 3 is 2.69 bits per heavy atom. The lowest BCUT2D eigenvalue weighted by molar-refractivity contribution is 0.102. The number of aromatic nitrogens is 5. The number of anilines is 1. The van der Waals surface area contributed by atoms with Gasteiger partial charge >= 0.3 is 0 Å². The van der Waals surface area contributed by atoms with Gasteiger partial charge in [0.25, 0.3) is 5.91 Å². The van der Waals surface area contributed by atoms with Gasteiger partial charge in [0.15, 0.2) is 5.65 Å². The molecule has 4 aromatic rings. The minimum Gasteiger partial charge on any atom is -0.322 e. The first-order valence-electron chi connectivity index (χ1n) is 8.76. The molecule has 0 aliphatic rings. The lowest BCUT2D eigenvalue weighted by Gasteiger charge is -2.08. The van der Waals surface area contributed by atoms with Crippen molar-refractivity contribution in [2.24, 2.45) is 0 Å². The lowest BCUT2D eigenvalue weighted by Crippen LogP contribution is -2.13. The van der Waals surface area contributed by atoms with Gasteiger partial charge in [0, 0.05) is 29.3 Å². The summed E-state index contributed by atoms with van der Waals surface area (Å²) < 4.78 is 3.83. The van der Waals surface area contributed by atoms with E-state index in [0.717, 1.165) is 5.82 Å². The van der Waals surface area contributed by atoms with Crippen LogP contribution in [0.4, 0.5) is 5.69 Å². The van der Waals surface area contributed by atoms with E-state index in [0.29, 0.717) is 47.7 Å². The molecule has 0 aliphatic heterocycles. The van der Waals surface area contributed by atoms with Crippen molar-refractivity contribution in [3.05, 3.63) is 70.0 Å². The molecule has 1 N–H and O–H groups in total. The van der Waals surface area contributed by atoms with E-state index >= 15 is 0 Å². The van der Waals surface area contributed by atoms with Gasteiger partial charge in [-0.05, 0) is 46.6 Å². The van der Waals surface area contributed by atoms with Crippen molar-refractivity contribution in [1.82, 2.24) is 24.1 Å². The number of halogens is 2. The topological polar surface area (TPSA) is 77.6 Å². The molecule has 3 aromatic heterocycles. The van der Waals surface area contributed by atoms with Gasteiger partial charge in [-0.2, -0.15) is 5.10 Å². The van der Waals surface area contributed by atoms with Crippen LogP contribution in [0.15, 0.2) is 42.9 Å². The highest BCUT2D eigenvalue weighted by Gasteiger charge is 2.20. The molecule has 0 aliphatic carbocycles. The number of aryl methyl sites for hydroxylation is 1. The van der Waals surface area contributed by atoms with Crippen molar-refractivity contribution >= 4 is 54.6 Å². The number of hydrogen-bond donors (Lipinski definition) is 1. The zero-order chi connectivity index (χ0) is 20.5. The summed E-state index contributed by atoms with van der Waals surface area (Å²) in [6.07, 6.45) is 5.18. The monoisotopic (exact) mass is 446 g/mol. The van der Waals surface area contributed by atoms with Crippen LogP contribution in [0.1, 0.15) is 21.9 Å². The molecule has 4 rings (SSSR count). The number of rotatable bonds is 5. The van der Waals surface area contributed by atoms with Crippen LogP contribution in [0, 0.1) is 6.92 Å². The number of fused-ring (bicyclic) bond motifs is 1. The summed E-state index contributed by atoms with van der Waals surface area (Å²) in [5.41, 5.74) is 2.23. The zero-order valence-electron chi connectivity index (χ0n) is 15.6. The van der Waals surface area contributed by atoms with Gasteiger partial charge in [0.1, 0.15) is 12.4 Å². The molecule has 0 bridgehead atoms. The van der Waals surface area contributed by atoms with Crippen LogP contribution in [0.3, 0.4) is 0 Å². The van der Waals surface area contributed by atoms with Gasteiger partial charge in [-0.3, -0.25) is 4.79 Å². The summed E-state index contributed by atoms with van der Waals surface area (Å²) in [6, 6.07) is 6.85. The maximum absolute atomic E-state index is 12.7. The average Bonchev–Trinajstić information content (AvgIpc) is 3.28.